The molecule has 4 rings (SSSR count). The zero-order chi connectivity index (χ0) is 21.1. The van der Waals surface area contributed by atoms with Crippen LogP contribution in [0.4, 0.5) is 5.69 Å². The summed E-state index contributed by atoms with van der Waals surface area (Å²) in [6.45, 7) is 2.17. The molecule has 1 aliphatic rings. The Bertz CT molecular complexity index is 1160. The van der Waals surface area contributed by atoms with Crippen LogP contribution in [0.25, 0.3) is 0 Å². The van der Waals surface area contributed by atoms with Crippen LogP contribution < -0.4 is 18.5 Å². The molecule has 0 saturated carbocycles. The van der Waals surface area contributed by atoms with E-state index in [9.17, 15) is 13.2 Å². The molecule has 3 aromatic rings. The van der Waals surface area contributed by atoms with E-state index in [0.717, 1.165) is 0 Å². The van der Waals surface area contributed by atoms with Crippen molar-refractivity contribution in [3.8, 4) is 17.2 Å². The first-order valence-corrected chi connectivity index (χ1v) is 10.7. The van der Waals surface area contributed by atoms with Crippen LogP contribution in [0.2, 0.25) is 0 Å². The topological polar surface area (TPSA) is 82.1 Å². The van der Waals surface area contributed by atoms with E-state index in [4.69, 9.17) is 14.2 Å². The average Bonchev–Trinajstić information content (AvgIpc) is 3.23. The normalized spacial score (nSPS) is 12.4. The van der Waals surface area contributed by atoms with Crippen molar-refractivity contribution in [2.45, 2.75) is 11.8 Å². The number of benzene rings is 3. The Morgan fingerprint density at radius 3 is 2.37 bits per heavy atom. The zero-order valence-corrected chi connectivity index (χ0v) is 17.0. The smallest absolute Gasteiger partial charge is 0.343 e. The maximum Gasteiger partial charge on any atom is 0.343 e. The third kappa shape index (κ3) is 3.81. The van der Waals surface area contributed by atoms with Gasteiger partial charge < -0.3 is 14.2 Å². The summed E-state index contributed by atoms with van der Waals surface area (Å²) in [4.78, 5) is 12.5. The Hall–Kier alpha value is -3.52. The zero-order valence-electron chi connectivity index (χ0n) is 16.1. The molecule has 0 bridgehead atoms. The highest BCUT2D eigenvalue weighted by molar-refractivity contribution is 7.92. The summed E-state index contributed by atoms with van der Waals surface area (Å²) in [7, 11) is -3.76. The monoisotopic (exact) mass is 425 g/mol. The molecule has 0 N–H and O–H groups in total. The number of para-hydroxylation sites is 1. The summed E-state index contributed by atoms with van der Waals surface area (Å²) >= 11 is 0. The summed E-state index contributed by atoms with van der Waals surface area (Å²) in [5.74, 6) is 0.793. The molecular formula is C22H19NO6S. The second-order valence-corrected chi connectivity index (χ2v) is 8.30. The standard InChI is InChI=1S/C22H19NO6S/c1-2-23(17-6-4-3-5-7-17)30(25,26)19-11-8-16(9-12-19)22(24)29-18-10-13-20-21(14-18)28-15-27-20/h3-14H,2,15H2,1H3. The molecule has 1 heterocycles. The molecule has 0 amide bonds. The van der Waals surface area contributed by atoms with Gasteiger partial charge in [0.15, 0.2) is 11.5 Å². The third-order valence-electron chi connectivity index (χ3n) is 4.56. The van der Waals surface area contributed by atoms with E-state index in [2.05, 4.69) is 0 Å². The molecule has 0 aliphatic carbocycles. The fourth-order valence-corrected chi connectivity index (χ4v) is 4.56. The van der Waals surface area contributed by atoms with E-state index in [1.807, 2.05) is 6.07 Å². The van der Waals surface area contributed by atoms with Gasteiger partial charge in [0.05, 0.1) is 16.1 Å². The number of fused-ring (bicyclic) bond motifs is 1. The maximum absolute atomic E-state index is 13.0. The third-order valence-corrected chi connectivity index (χ3v) is 6.48. The van der Waals surface area contributed by atoms with Gasteiger partial charge in [-0.3, -0.25) is 4.31 Å². The van der Waals surface area contributed by atoms with Gasteiger partial charge in [0.1, 0.15) is 5.75 Å². The lowest BCUT2D eigenvalue weighted by Gasteiger charge is -2.22. The van der Waals surface area contributed by atoms with E-state index in [-0.39, 0.29) is 23.8 Å². The summed E-state index contributed by atoms with van der Waals surface area (Å²) in [6, 6.07) is 19.3. The summed E-state index contributed by atoms with van der Waals surface area (Å²) in [5.41, 5.74) is 0.806. The van der Waals surface area contributed by atoms with Gasteiger partial charge in [-0.05, 0) is 55.5 Å². The Morgan fingerprint density at radius 2 is 1.67 bits per heavy atom. The molecule has 0 saturated heterocycles. The highest BCUT2D eigenvalue weighted by atomic mass is 32.2. The molecule has 7 nitrogen and oxygen atoms in total. The number of hydrogen-bond acceptors (Lipinski definition) is 6. The first kappa shape index (κ1) is 19.8. The van der Waals surface area contributed by atoms with Crippen LogP contribution >= 0.6 is 0 Å². The lowest BCUT2D eigenvalue weighted by Crippen LogP contribution is -2.30. The molecule has 154 valence electrons. The van der Waals surface area contributed by atoms with Crippen LogP contribution in [0.1, 0.15) is 17.3 Å². The quantitative estimate of drug-likeness (QED) is 0.441. The molecule has 8 heteroatoms. The van der Waals surface area contributed by atoms with Gasteiger partial charge in [0.25, 0.3) is 10.0 Å². The van der Waals surface area contributed by atoms with Crippen molar-refractivity contribution in [3.05, 3.63) is 78.4 Å². The van der Waals surface area contributed by atoms with Gasteiger partial charge >= 0.3 is 5.97 Å². The maximum atomic E-state index is 13.0. The molecule has 0 fully saturated rings. The molecule has 1 aliphatic heterocycles. The minimum absolute atomic E-state index is 0.0906. The SMILES string of the molecule is CCN(c1ccccc1)S(=O)(=O)c1ccc(C(=O)Oc2ccc3c(c2)OCO3)cc1. The second kappa shape index (κ2) is 8.08. The first-order valence-electron chi connectivity index (χ1n) is 9.29. The Balaban J connectivity index is 1.52. The van der Waals surface area contributed by atoms with Gasteiger partial charge in [0, 0.05) is 12.6 Å². The summed E-state index contributed by atoms with van der Waals surface area (Å²) in [6.07, 6.45) is 0. The number of sulfonamides is 1. The van der Waals surface area contributed by atoms with Crippen LogP contribution in [0.15, 0.2) is 77.7 Å². The average molecular weight is 425 g/mol. The number of carbonyl (C=O) groups excluding carboxylic acids is 1. The summed E-state index contributed by atoms with van der Waals surface area (Å²) < 4.78 is 43.2. The Kier molecular flexibility index (Phi) is 5.33. The highest BCUT2D eigenvalue weighted by Crippen LogP contribution is 2.35. The van der Waals surface area contributed by atoms with Crippen LogP contribution in [0.5, 0.6) is 17.2 Å². The van der Waals surface area contributed by atoms with Crippen molar-refractivity contribution >= 4 is 21.7 Å². The van der Waals surface area contributed by atoms with Crippen molar-refractivity contribution in [1.29, 1.82) is 0 Å². The molecule has 0 radical (unpaired) electrons. The number of nitrogens with zero attached hydrogens (tertiary/aromatic N) is 1. The number of esters is 1. The molecule has 0 spiro atoms. The predicted octanol–water partition coefficient (Wildman–Crippen LogP) is 3.85. The lowest BCUT2D eigenvalue weighted by atomic mass is 10.2. The number of anilines is 1. The largest absolute Gasteiger partial charge is 0.454 e. The number of ether oxygens (including phenoxy) is 3. The van der Waals surface area contributed by atoms with Gasteiger partial charge in [-0.25, -0.2) is 13.2 Å². The predicted molar refractivity (Wildman–Crippen MR) is 111 cm³/mol. The first-order chi connectivity index (χ1) is 14.5. The summed E-state index contributed by atoms with van der Waals surface area (Å²) in [5, 5.41) is 0. The minimum Gasteiger partial charge on any atom is -0.454 e. The Labute approximate surface area is 174 Å². The molecule has 0 atom stereocenters. The van der Waals surface area contributed by atoms with E-state index in [1.165, 1.54) is 28.6 Å². The van der Waals surface area contributed by atoms with E-state index < -0.39 is 16.0 Å². The van der Waals surface area contributed by atoms with Gasteiger partial charge in [-0.2, -0.15) is 0 Å². The van der Waals surface area contributed by atoms with Crippen LogP contribution in [-0.2, 0) is 10.0 Å². The highest BCUT2D eigenvalue weighted by Gasteiger charge is 2.24. The van der Waals surface area contributed by atoms with Crippen molar-refractivity contribution in [2.75, 3.05) is 17.6 Å². The molecule has 30 heavy (non-hydrogen) atoms. The molecule has 0 unspecified atom stereocenters. The molecule has 3 aromatic carbocycles. The Morgan fingerprint density at radius 1 is 0.967 bits per heavy atom. The van der Waals surface area contributed by atoms with E-state index in [1.54, 1.807) is 49.4 Å². The van der Waals surface area contributed by atoms with Gasteiger partial charge in [-0.15, -0.1) is 0 Å². The number of hydrogen-bond donors (Lipinski definition) is 0. The fourth-order valence-electron chi connectivity index (χ4n) is 3.08. The van der Waals surface area contributed by atoms with Gasteiger partial charge in [-0.1, -0.05) is 18.2 Å². The van der Waals surface area contributed by atoms with Crippen molar-refractivity contribution < 1.29 is 27.4 Å². The van der Waals surface area contributed by atoms with Crippen LogP contribution in [0, 0.1) is 0 Å². The second-order valence-electron chi connectivity index (χ2n) is 6.43. The number of carbonyl (C=O) groups is 1. The van der Waals surface area contributed by atoms with E-state index in [0.29, 0.717) is 22.9 Å². The van der Waals surface area contributed by atoms with Crippen LogP contribution in [-0.4, -0.2) is 27.7 Å². The van der Waals surface area contributed by atoms with Crippen molar-refractivity contribution in [3.63, 3.8) is 0 Å². The fraction of sp³-hybridized carbons (Fsp3) is 0.136. The van der Waals surface area contributed by atoms with Gasteiger partial charge in [0.2, 0.25) is 6.79 Å². The lowest BCUT2D eigenvalue weighted by molar-refractivity contribution is 0.0734. The molecular weight excluding hydrogens is 406 g/mol. The van der Waals surface area contributed by atoms with Crippen LogP contribution in [0.3, 0.4) is 0 Å². The van der Waals surface area contributed by atoms with Crippen molar-refractivity contribution in [2.24, 2.45) is 0 Å². The van der Waals surface area contributed by atoms with E-state index >= 15 is 0 Å². The number of rotatable bonds is 6. The molecule has 0 aromatic heterocycles. The van der Waals surface area contributed by atoms with Crippen molar-refractivity contribution in [1.82, 2.24) is 0 Å². The minimum atomic E-state index is -3.76.